The molecule has 1 aliphatic heterocycles. The lowest BCUT2D eigenvalue weighted by Crippen LogP contribution is -2.28. The fraction of sp³-hybridized carbons (Fsp3) is 0.219. The van der Waals surface area contributed by atoms with Gasteiger partial charge in [-0.2, -0.15) is 0 Å². The van der Waals surface area contributed by atoms with E-state index in [-0.39, 0.29) is 30.1 Å². The maximum absolute atomic E-state index is 13.3. The summed E-state index contributed by atoms with van der Waals surface area (Å²) >= 11 is 5.92. The van der Waals surface area contributed by atoms with Crippen molar-refractivity contribution < 1.29 is 14.6 Å². The molecule has 1 fully saturated rings. The van der Waals surface area contributed by atoms with Crippen LogP contribution in [0.4, 0.5) is 10.1 Å². The summed E-state index contributed by atoms with van der Waals surface area (Å²) in [5.41, 5.74) is 5.90. The SMILES string of the molecule is OCc1ccc([C@@H]2[C@H](CCCc3ccc(F)cc3)CC(=S)N2c2ccc(-c3ccccc3)cc2)c(O)c1. The number of rotatable bonds is 8. The number of thiocarbonyl (C=S) groups is 1. The minimum Gasteiger partial charge on any atom is -0.508 e. The Morgan fingerprint density at radius 3 is 2.19 bits per heavy atom. The molecule has 4 aromatic carbocycles. The highest BCUT2D eigenvalue weighted by atomic mass is 32.1. The molecule has 1 aliphatic rings. The van der Waals surface area contributed by atoms with Gasteiger partial charge in [0.25, 0.3) is 0 Å². The summed E-state index contributed by atoms with van der Waals surface area (Å²) in [4.78, 5) is 3.04. The lowest BCUT2D eigenvalue weighted by Gasteiger charge is -2.31. The van der Waals surface area contributed by atoms with E-state index in [1.165, 1.54) is 12.1 Å². The second-order valence-corrected chi connectivity index (χ2v) is 10.1. The first kappa shape index (κ1) is 25.1. The van der Waals surface area contributed by atoms with Crippen molar-refractivity contribution in [2.45, 2.75) is 38.3 Å². The molecule has 3 nitrogen and oxygen atoms in total. The van der Waals surface area contributed by atoms with E-state index in [0.29, 0.717) is 5.56 Å². The molecule has 4 aromatic rings. The number of nitrogens with zero attached hydrogens (tertiary/aromatic N) is 1. The van der Waals surface area contributed by atoms with E-state index >= 15 is 0 Å². The monoisotopic (exact) mass is 511 g/mol. The van der Waals surface area contributed by atoms with Crippen LogP contribution in [0.25, 0.3) is 11.1 Å². The summed E-state index contributed by atoms with van der Waals surface area (Å²) in [5, 5.41) is 20.5. The van der Waals surface area contributed by atoms with E-state index < -0.39 is 0 Å². The van der Waals surface area contributed by atoms with Gasteiger partial charge in [0.05, 0.1) is 17.6 Å². The molecule has 1 saturated heterocycles. The van der Waals surface area contributed by atoms with Crippen LogP contribution < -0.4 is 4.90 Å². The Morgan fingerprint density at radius 2 is 1.51 bits per heavy atom. The van der Waals surface area contributed by atoms with E-state index in [1.54, 1.807) is 6.07 Å². The van der Waals surface area contributed by atoms with Crippen molar-refractivity contribution in [2.24, 2.45) is 5.92 Å². The van der Waals surface area contributed by atoms with E-state index in [2.05, 4.69) is 41.3 Å². The molecular weight excluding hydrogens is 481 g/mol. The Hall–Kier alpha value is -3.54. The Balaban J connectivity index is 1.43. The number of aromatic hydroxyl groups is 1. The minimum atomic E-state index is -0.222. The van der Waals surface area contributed by atoms with Crippen molar-refractivity contribution >= 4 is 22.9 Å². The normalized spacial score (nSPS) is 17.4. The third-order valence-electron chi connectivity index (χ3n) is 7.23. The van der Waals surface area contributed by atoms with Gasteiger partial charge in [0.15, 0.2) is 0 Å². The second-order valence-electron chi connectivity index (χ2n) is 9.66. The van der Waals surface area contributed by atoms with Crippen LogP contribution in [0.3, 0.4) is 0 Å². The highest BCUT2D eigenvalue weighted by Gasteiger charge is 2.40. The van der Waals surface area contributed by atoms with Gasteiger partial charge in [0.2, 0.25) is 0 Å². The van der Waals surface area contributed by atoms with Gasteiger partial charge in [-0.1, -0.05) is 78.9 Å². The first-order valence-electron chi connectivity index (χ1n) is 12.7. The molecule has 2 N–H and O–H groups in total. The van der Waals surface area contributed by atoms with Crippen LogP contribution >= 0.6 is 12.2 Å². The number of phenolic OH excluding ortho intramolecular Hbond substituents is 1. The largest absolute Gasteiger partial charge is 0.508 e. The van der Waals surface area contributed by atoms with Crippen molar-refractivity contribution in [3.8, 4) is 16.9 Å². The van der Waals surface area contributed by atoms with Crippen molar-refractivity contribution in [3.05, 3.63) is 120 Å². The Labute approximate surface area is 222 Å². The van der Waals surface area contributed by atoms with Gasteiger partial charge in [-0.15, -0.1) is 0 Å². The molecule has 0 aliphatic carbocycles. The van der Waals surface area contributed by atoms with Gasteiger partial charge in [0.1, 0.15) is 11.6 Å². The van der Waals surface area contributed by atoms with Crippen LogP contribution in [0.5, 0.6) is 5.75 Å². The van der Waals surface area contributed by atoms with E-state index in [9.17, 15) is 14.6 Å². The third-order valence-corrected chi connectivity index (χ3v) is 7.60. The van der Waals surface area contributed by atoms with Crippen molar-refractivity contribution in [2.75, 3.05) is 4.90 Å². The van der Waals surface area contributed by atoms with Crippen LogP contribution in [-0.2, 0) is 13.0 Å². The van der Waals surface area contributed by atoms with Crippen molar-refractivity contribution in [1.29, 1.82) is 0 Å². The highest BCUT2D eigenvalue weighted by molar-refractivity contribution is 7.80. The Morgan fingerprint density at radius 1 is 0.838 bits per heavy atom. The third kappa shape index (κ3) is 5.58. The fourth-order valence-corrected chi connectivity index (χ4v) is 5.79. The van der Waals surface area contributed by atoms with E-state index in [4.69, 9.17) is 12.2 Å². The zero-order chi connectivity index (χ0) is 25.8. The van der Waals surface area contributed by atoms with Gasteiger partial charge in [0, 0.05) is 17.7 Å². The predicted octanol–water partition coefficient (Wildman–Crippen LogP) is 7.61. The summed E-state index contributed by atoms with van der Waals surface area (Å²) in [7, 11) is 0. The molecule has 0 unspecified atom stereocenters. The first-order chi connectivity index (χ1) is 18.0. The molecule has 1 heterocycles. The quantitative estimate of drug-likeness (QED) is 0.239. The summed E-state index contributed by atoms with van der Waals surface area (Å²) in [5.74, 6) is 0.170. The number of aliphatic hydroxyl groups excluding tert-OH is 1. The topological polar surface area (TPSA) is 43.7 Å². The fourth-order valence-electron chi connectivity index (χ4n) is 5.36. The maximum Gasteiger partial charge on any atom is 0.123 e. The number of phenols is 1. The van der Waals surface area contributed by atoms with Crippen molar-refractivity contribution in [3.63, 3.8) is 0 Å². The standard InChI is InChI=1S/C32H30FNO2S/c33-27-14-9-22(10-15-27)5-4-8-26-20-31(37)34(32(26)29-18-11-23(21-35)19-30(29)36)28-16-12-25(13-17-28)24-6-2-1-3-7-24/h1-3,6-7,9-19,26,32,35-36H,4-5,8,20-21H2/t26-,32+/m1/s1. The summed E-state index contributed by atoms with van der Waals surface area (Å²) in [6.07, 6.45) is 3.47. The molecule has 0 saturated carbocycles. The number of benzene rings is 4. The van der Waals surface area contributed by atoms with Crippen LogP contribution in [-0.4, -0.2) is 15.2 Å². The molecule has 0 amide bonds. The predicted molar refractivity (Wildman–Crippen MR) is 151 cm³/mol. The lowest BCUT2D eigenvalue weighted by molar-refractivity contribution is 0.281. The smallest absolute Gasteiger partial charge is 0.123 e. The van der Waals surface area contributed by atoms with E-state index in [1.807, 2.05) is 42.5 Å². The van der Waals surface area contributed by atoms with Crippen LogP contribution in [0.1, 0.15) is 42.0 Å². The zero-order valence-corrected chi connectivity index (χ0v) is 21.4. The number of hydrogen-bond acceptors (Lipinski definition) is 3. The van der Waals surface area contributed by atoms with Crippen LogP contribution in [0, 0.1) is 11.7 Å². The average Bonchev–Trinajstić information content (AvgIpc) is 3.25. The highest BCUT2D eigenvalue weighted by Crippen LogP contribution is 2.47. The molecule has 2 atom stereocenters. The summed E-state index contributed by atoms with van der Waals surface area (Å²) in [6.45, 7) is -0.122. The molecule has 37 heavy (non-hydrogen) atoms. The first-order valence-corrected chi connectivity index (χ1v) is 13.1. The Bertz CT molecular complexity index is 1360. The van der Waals surface area contributed by atoms with Gasteiger partial charge < -0.3 is 15.1 Å². The van der Waals surface area contributed by atoms with Crippen LogP contribution in [0.15, 0.2) is 97.1 Å². The summed E-state index contributed by atoms with van der Waals surface area (Å²) in [6, 6.07) is 30.7. The van der Waals surface area contributed by atoms with Gasteiger partial charge >= 0.3 is 0 Å². The zero-order valence-electron chi connectivity index (χ0n) is 20.6. The summed E-state index contributed by atoms with van der Waals surface area (Å²) < 4.78 is 13.3. The second kappa shape index (κ2) is 11.2. The van der Waals surface area contributed by atoms with E-state index in [0.717, 1.165) is 58.6 Å². The molecule has 0 bridgehead atoms. The molecule has 0 radical (unpaired) electrons. The average molecular weight is 512 g/mol. The molecule has 188 valence electrons. The van der Waals surface area contributed by atoms with Gasteiger partial charge in [-0.25, -0.2) is 4.39 Å². The number of halogens is 1. The molecule has 0 spiro atoms. The minimum absolute atomic E-state index is 0.115. The number of anilines is 1. The molecule has 0 aromatic heterocycles. The Kier molecular flexibility index (Phi) is 7.63. The maximum atomic E-state index is 13.3. The van der Waals surface area contributed by atoms with Gasteiger partial charge in [-0.3, -0.25) is 0 Å². The molecule has 5 rings (SSSR count). The van der Waals surface area contributed by atoms with Gasteiger partial charge in [-0.05, 0) is 77.8 Å². The number of aryl methyl sites for hydroxylation is 1. The van der Waals surface area contributed by atoms with Crippen molar-refractivity contribution in [1.82, 2.24) is 0 Å². The number of aliphatic hydroxyl groups is 1. The van der Waals surface area contributed by atoms with Crippen LogP contribution in [0.2, 0.25) is 0 Å². The lowest BCUT2D eigenvalue weighted by atomic mass is 9.87. The molecular formula is C32H30FNO2S. The number of hydrogen-bond donors (Lipinski definition) is 2. The molecule has 5 heteroatoms.